The molecule has 1 aliphatic rings. The summed E-state index contributed by atoms with van der Waals surface area (Å²) in [5.41, 5.74) is 2.88. The number of rotatable bonds is 10. The normalized spacial score (nSPS) is 14.5. The average molecular weight is 588 g/mol. The highest BCUT2D eigenvalue weighted by molar-refractivity contribution is 6.35. The fraction of sp³-hybridized carbons (Fsp3) is 0.314. The van der Waals surface area contributed by atoms with E-state index in [1.165, 1.54) is 6.42 Å². The smallest absolute Gasteiger partial charge is 0.243 e. The average Bonchev–Trinajstić information content (AvgIpc) is 2.99. The van der Waals surface area contributed by atoms with Gasteiger partial charge in [0, 0.05) is 35.5 Å². The molecule has 1 unspecified atom stereocenters. The Morgan fingerprint density at radius 2 is 1.56 bits per heavy atom. The van der Waals surface area contributed by atoms with Crippen LogP contribution in [0.1, 0.15) is 55.2 Å². The first-order valence-corrected chi connectivity index (χ1v) is 15.3. The Kier molecular flexibility index (Phi) is 9.97. The van der Waals surface area contributed by atoms with Gasteiger partial charge in [-0.05, 0) is 58.9 Å². The summed E-state index contributed by atoms with van der Waals surface area (Å²) in [6.07, 6.45) is 6.65. The predicted molar refractivity (Wildman–Crippen MR) is 168 cm³/mol. The van der Waals surface area contributed by atoms with Gasteiger partial charge in [-0.1, -0.05) is 121 Å². The monoisotopic (exact) mass is 586 g/mol. The summed E-state index contributed by atoms with van der Waals surface area (Å²) >= 11 is 12.8. The highest BCUT2D eigenvalue weighted by Crippen LogP contribution is 2.26. The molecule has 2 amide bonds. The number of halogens is 2. The van der Waals surface area contributed by atoms with Gasteiger partial charge >= 0.3 is 0 Å². The lowest BCUT2D eigenvalue weighted by atomic mass is 9.94. The van der Waals surface area contributed by atoms with Crippen molar-refractivity contribution < 1.29 is 9.59 Å². The van der Waals surface area contributed by atoms with Gasteiger partial charge < -0.3 is 10.2 Å². The zero-order chi connectivity index (χ0) is 28.6. The number of hydrogen-bond donors (Lipinski definition) is 1. The van der Waals surface area contributed by atoms with E-state index in [1.54, 1.807) is 17.0 Å². The number of carbonyl (C=O) groups excluding carboxylic acids is 2. The van der Waals surface area contributed by atoms with Crippen molar-refractivity contribution in [2.45, 2.75) is 70.0 Å². The summed E-state index contributed by atoms with van der Waals surface area (Å²) in [6, 6.07) is 29.1. The number of carbonyl (C=O) groups is 2. The molecule has 0 aromatic heterocycles. The van der Waals surface area contributed by atoms with Gasteiger partial charge in [-0.15, -0.1) is 0 Å². The molecule has 0 bridgehead atoms. The van der Waals surface area contributed by atoms with E-state index in [0.29, 0.717) is 22.9 Å². The molecule has 0 saturated heterocycles. The van der Waals surface area contributed by atoms with E-state index in [-0.39, 0.29) is 30.8 Å². The lowest BCUT2D eigenvalue weighted by Gasteiger charge is -2.34. The van der Waals surface area contributed by atoms with Gasteiger partial charge in [0.05, 0.1) is 0 Å². The Balaban J connectivity index is 1.45. The number of nitrogens with zero attached hydrogens (tertiary/aromatic N) is 1. The van der Waals surface area contributed by atoms with Crippen LogP contribution in [0.2, 0.25) is 10.0 Å². The van der Waals surface area contributed by atoms with E-state index >= 15 is 0 Å². The number of fused-ring (bicyclic) bond motifs is 1. The van der Waals surface area contributed by atoms with E-state index in [4.69, 9.17) is 23.2 Å². The summed E-state index contributed by atoms with van der Waals surface area (Å²) in [5.74, 6) is -0.187. The molecule has 4 aromatic carbocycles. The first-order valence-electron chi connectivity index (χ1n) is 14.5. The van der Waals surface area contributed by atoms with Crippen LogP contribution in [0.5, 0.6) is 0 Å². The minimum absolute atomic E-state index is 0.0799. The fourth-order valence-corrected chi connectivity index (χ4v) is 6.30. The molecule has 0 spiro atoms. The molecule has 4 aromatic rings. The van der Waals surface area contributed by atoms with Crippen LogP contribution in [0.4, 0.5) is 0 Å². The predicted octanol–water partition coefficient (Wildman–Crippen LogP) is 8.17. The summed E-state index contributed by atoms with van der Waals surface area (Å²) in [6.45, 7) is 0.222. The molecule has 5 rings (SSSR count). The van der Waals surface area contributed by atoms with Crippen molar-refractivity contribution in [3.63, 3.8) is 0 Å². The third-order valence-corrected chi connectivity index (χ3v) is 8.65. The molecule has 0 radical (unpaired) electrons. The number of benzene rings is 4. The van der Waals surface area contributed by atoms with E-state index in [2.05, 4.69) is 29.6 Å². The van der Waals surface area contributed by atoms with Crippen LogP contribution in [0.25, 0.3) is 10.8 Å². The van der Waals surface area contributed by atoms with Crippen molar-refractivity contribution in [2.24, 2.45) is 0 Å². The zero-order valence-electron chi connectivity index (χ0n) is 23.2. The molecule has 0 heterocycles. The van der Waals surface area contributed by atoms with Crippen LogP contribution in [-0.2, 0) is 29.0 Å². The second kappa shape index (κ2) is 14.0. The quantitative estimate of drug-likeness (QED) is 0.204. The molecule has 1 fully saturated rings. The first kappa shape index (κ1) is 29.2. The van der Waals surface area contributed by atoms with Crippen molar-refractivity contribution in [1.82, 2.24) is 10.2 Å². The maximum absolute atomic E-state index is 14.1. The number of nitrogens with one attached hydrogen (secondary N) is 1. The van der Waals surface area contributed by atoms with Crippen molar-refractivity contribution in [3.05, 3.63) is 118 Å². The summed E-state index contributed by atoms with van der Waals surface area (Å²) in [5, 5.41) is 6.60. The Bertz CT molecular complexity index is 1480. The molecule has 1 saturated carbocycles. The highest BCUT2D eigenvalue weighted by atomic mass is 35.5. The maximum Gasteiger partial charge on any atom is 0.243 e. The molecule has 1 aliphatic carbocycles. The van der Waals surface area contributed by atoms with Gasteiger partial charge in [-0.2, -0.15) is 0 Å². The molecule has 0 aliphatic heterocycles. The van der Waals surface area contributed by atoms with Gasteiger partial charge in [-0.25, -0.2) is 0 Å². The molecular formula is C35H36Cl2N2O2. The lowest BCUT2D eigenvalue weighted by molar-refractivity contribution is -0.141. The van der Waals surface area contributed by atoms with Crippen LogP contribution in [0, 0.1) is 0 Å². The van der Waals surface area contributed by atoms with Crippen LogP contribution < -0.4 is 5.32 Å². The first-order chi connectivity index (χ1) is 20.0. The molecule has 1 N–H and O–H groups in total. The Morgan fingerprint density at radius 3 is 2.34 bits per heavy atom. The molecule has 212 valence electrons. The Hall–Kier alpha value is -3.34. The van der Waals surface area contributed by atoms with Crippen LogP contribution in [0.3, 0.4) is 0 Å². The SMILES string of the molecule is O=C(NC1CCCCC1)C(Cc1ccccc1)N(Cc1ccc(Cl)cc1Cl)C(=O)CCc1cccc2ccccc12. The summed E-state index contributed by atoms with van der Waals surface area (Å²) < 4.78 is 0. The Labute approximate surface area is 252 Å². The van der Waals surface area contributed by atoms with E-state index in [0.717, 1.165) is 53.1 Å². The standard InChI is InChI=1S/C35H36Cl2N2O2/c36-29-20-18-28(32(37)23-29)24-39(34(40)21-19-27-14-9-13-26-12-7-8-17-31(26)27)33(22-25-10-3-1-4-11-25)35(41)38-30-15-5-2-6-16-30/h1,3-4,7-14,17-18,20,23,30,33H,2,5-6,15-16,19,21-22,24H2,(H,38,41). The van der Waals surface area contributed by atoms with Gasteiger partial charge in [0.2, 0.25) is 11.8 Å². The van der Waals surface area contributed by atoms with Gasteiger partial charge in [-0.3, -0.25) is 9.59 Å². The van der Waals surface area contributed by atoms with Crippen molar-refractivity contribution in [3.8, 4) is 0 Å². The third kappa shape index (κ3) is 7.69. The second-order valence-electron chi connectivity index (χ2n) is 10.9. The third-order valence-electron chi connectivity index (χ3n) is 8.07. The molecule has 41 heavy (non-hydrogen) atoms. The lowest BCUT2D eigenvalue weighted by Crippen LogP contribution is -2.53. The second-order valence-corrected chi connectivity index (χ2v) is 11.8. The van der Waals surface area contributed by atoms with E-state index in [1.807, 2.05) is 54.6 Å². The molecular weight excluding hydrogens is 551 g/mol. The topological polar surface area (TPSA) is 49.4 Å². The number of aryl methyl sites for hydroxylation is 1. The fourth-order valence-electron chi connectivity index (χ4n) is 5.83. The van der Waals surface area contributed by atoms with Crippen molar-refractivity contribution in [1.29, 1.82) is 0 Å². The van der Waals surface area contributed by atoms with Crippen molar-refractivity contribution in [2.75, 3.05) is 0 Å². The maximum atomic E-state index is 14.1. The molecule has 1 atom stereocenters. The van der Waals surface area contributed by atoms with E-state index < -0.39 is 6.04 Å². The van der Waals surface area contributed by atoms with E-state index in [9.17, 15) is 9.59 Å². The number of hydrogen-bond acceptors (Lipinski definition) is 2. The molecule has 6 heteroatoms. The van der Waals surface area contributed by atoms with Gasteiger partial charge in [0.1, 0.15) is 6.04 Å². The summed E-state index contributed by atoms with van der Waals surface area (Å²) in [4.78, 5) is 29.8. The summed E-state index contributed by atoms with van der Waals surface area (Å²) in [7, 11) is 0. The number of amides is 2. The molecule has 4 nitrogen and oxygen atoms in total. The minimum Gasteiger partial charge on any atom is -0.352 e. The van der Waals surface area contributed by atoms with Gasteiger partial charge in [0.15, 0.2) is 0 Å². The van der Waals surface area contributed by atoms with Crippen LogP contribution >= 0.6 is 23.2 Å². The zero-order valence-corrected chi connectivity index (χ0v) is 24.7. The highest BCUT2D eigenvalue weighted by Gasteiger charge is 2.32. The van der Waals surface area contributed by atoms with Crippen LogP contribution in [0.15, 0.2) is 91.0 Å². The largest absolute Gasteiger partial charge is 0.352 e. The minimum atomic E-state index is -0.675. The van der Waals surface area contributed by atoms with Crippen LogP contribution in [-0.4, -0.2) is 28.8 Å². The van der Waals surface area contributed by atoms with Crippen molar-refractivity contribution >= 4 is 45.8 Å². The Morgan fingerprint density at radius 1 is 0.829 bits per heavy atom. The van der Waals surface area contributed by atoms with Gasteiger partial charge in [0.25, 0.3) is 0 Å².